The second-order valence-electron chi connectivity index (χ2n) is 4.26. The van der Waals surface area contributed by atoms with Crippen LogP contribution in [0.25, 0.3) is 0 Å². The third-order valence-electron chi connectivity index (χ3n) is 1.98. The molecule has 0 spiro atoms. The maximum absolute atomic E-state index is 9.48. The van der Waals surface area contributed by atoms with Gasteiger partial charge >= 0.3 is 0 Å². The van der Waals surface area contributed by atoms with Gasteiger partial charge in [-0.15, -0.1) is 0 Å². The van der Waals surface area contributed by atoms with Gasteiger partial charge in [-0.05, 0) is 38.0 Å². The van der Waals surface area contributed by atoms with Gasteiger partial charge in [-0.3, -0.25) is 0 Å². The summed E-state index contributed by atoms with van der Waals surface area (Å²) in [5.41, 5.74) is 1.36. The summed E-state index contributed by atoms with van der Waals surface area (Å²) in [5.74, 6) is 5.80. The summed E-state index contributed by atoms with van der Waals surface area (Å²) < 4.78 is 0. The molecule has 0 aliphatic carbocycles. The Hall–Kier alpha value is -1.26. The molecular formula is C14H18O. The minimum absolute atomic E-state index is 0.916. The van der Waals surface area contributed by atoms with Crippen LogP contribution in [-0.4, -0.2) is 10.7 Å². The van der Waals surface area contributed by atoms with Crippen molar-refractivity contribution in [3.8, 4) is 11.8 Å². The second kappa shape index (κ2) is 5.00. The Labute approximate surface area is 92.1 Å². The summed E-state index contributed by atoms with van der Waals surface area (Å²) >= 11 is 0. The number of hydrogen-bond donors (Lipinski definition) is 1. The highest BCUT2D eigenvalue weighted by Crippen LogP contribution is 2.07. The Bertz CT molecular complexity index is 374. The van der Waals surface area contributed by atoms with E-state index >= 15 is 0 Å². The minimum Gasteiger partial charge on any atom is -0.378 e. The van der Waals surface area contributed by atoms with Crippen LogP contribution in [-0.2, 0) is 6.42 Å². The lowest BCUT2D eigenvalue weighted by molar-refractivity contribution is 0.143. The van der Waals surface area contributed by atoms with Crippen LogP contribution in [0.4, 0.5) is 0 Å². The molecule has 1 aromatic rings. The van der Waals surface area contributed by atoms with E-state index in [1.54, 1.807) is 13.8 Å². The van der Waals surface area contributed by atoms with Gasteiger partial charge in [0.2, 0.25) is 0 Å². The fourth-order valence-electron chi connectivity index (χ4n) is 1.32. The van der Waals surface area contributed by atoms with Crippen molar-refractivity contribution >= 4 is 0 Å². The predicted molar refractivity (Wildman–Crippen MR) is 63.6 cm³/mol. The zero-order valence-electron chi connectivity index (χ0n) is 9.67. The number of aliphatic hydroxyl groups is 1. The molecular weight excluding hydrogens is 184 g/mol. The van der Waals surface area contributed by atoms with Crippen molar-refractivity contribution < 1.29 is 5.11 Å². The summed E-state index contributed by atoms with van der Waals surface area (Å²) in [6.45, 7) is 5.54. The van der Waals surface area contributed by atoms with Gasteiger partial charge < -0.3 is 5.11 Å². The van der Waals surface area contributed by atoms with Crippen LogP contribution in [0, 0.1) is 11.8 Å². The molecule has 0 radical (unpaired) electrons. The predicted octanol–water partition coefficient (Wildman–Crippen LogP) is 2.76. The molecule has 1 rings (SSSR count). The van der Waals surface area contributed by atoms with Crippen molar-refractivity contribution in [1.82, 2.24) is 0 Å². The molecule has 0 unspecified atom stereocenters. The van der Waals surface area contributed by atoms with Gasteiger partial charge in [-0.1, -0.05) is 37.3 Å². The minimum atomic E-state index is -0.916. The second-order valence-corrected chi connectivity index (χ2v) is 4.26. The average Bonchev–Trinajstić information content (AvgIpc) is 2.15. The molecule has 1 N–H and O–H groups in total. The van der Waals surface area contributed by atoms with Crippen molar-refractivity contribution in [3.63, 3.8) is 0 Å². The first-order valence-electron chi connectivity index (χ1n) is 5.36. The summed E-state index contributed by atoms with van der Waals surface area (Å²) in [6.07, 6.45) is 2.22. The summed E-state index contributed by atoms with van der Waals surface area (Å²) in [5, 5.41) is 9.48. The van der Waals surface area contributed by atoms with E-state index in [-0.39, 0.29) is 0 Å². The lowest BCUT2D eigenvalue weighted by Gasteiger charge is -2.06. The average molecular weight is 202 g/mol. The highest BCUT2D eigenvalue weighted by Gasteiger charge is 2.05. The van der Waals surface area contributed by atoms with Crippen LogP contribution < -0.4 is 0 Å². The molecule has 1 heteroatoms. The van der Waals surface area contributed by atoms with E-state index in [2.05, 4.69) is 30.9 Å². The van der Waals surface area contributed by atoms with Crippen LogP contribution in [0.3, 0.4) is 0 Å². The first-order valence-corrected chi connectivity index (χ1v) is 5.36. The van der Waals surface area contributed by atoms with E-state index in [0.717, 1.165) is 18.4 Å². The van der Waals surface area contributed by atoms with Gasteiger partial charge in [0, 0.05) is 5.56 Å². The van der Waals surface area contributed by atoms with Gasteiger partial charge in [-0.2, -0.15) is 0 Å². The van der Waals surface area contributed by atoms with E-state index in [9.17, 15) is 5.11 Å². The molecule has 0 amide bonds. The molecule has 0 aliphatic heterocycles. The first kappa shape index (κ1) is 11.8. The molecule has 0 saturated carbocycles. The van der Waals surface area contributed by atoms with Gasteiger partial charge in [0.05, 0.1) is 0 Å². The van der Waals surface area contributed by atoms with Gasteiger partial charge in [0.1, 0.15) is 5.60 Å². The van der Waals surface area contributed by atoms with Crippen molar-refractivity contribution in [3.05, 3.63) is 35.4 Å². The lowest BCUT2D eigenvalue weighted by Crippen LogP contribution is -2.14. The molecule has 15 heavy (non-hydrogen) atoms. The van der Waals surface area contributed by atoms with Crippen LogP contribution in [0.1, 0.15) is 38.3 Å². The number of rotatable bonds is 2. The summed E-state index contributed by atoms with van der Waals surface area (Å²) in [4.78, 5) is 0. The molecule has 1 nitrogen and oxygen atoms in total. The molecule has 1 aromatic carbocycles. The summed E-state index contributed by atoms with van der Waals surface area (Å²) in [6, 6.07) is 8.18. The van der Waals surface area contributed by atoms with Crippen molar-refractivity contribution in [2.24, 2.45) is 0 Å². The molecule has 0 heterocycles. The molecule has 0 atom stereocenters. The maximum Gasteiger partial charge on any atom is 0.120 e. The molecule has 0 aromatic heterocycles. The fraction of sp³-hybridized carbons (Fsp3) is 0.429. The molecule has 0 aliphatic rings. The summed E-state index contributed by atoms with van der Waals surface area (Å²) in [7, 11) is 0. The number of benzene rings is 1. The highest BCUT2D eigenvalue weighted by molar-refractivity contribution is 5.38. The third-order valence-corrected chi connectivity index (χ3v) is 1.98. The zero-order valence-corrected chi connectivity index (χ0v) is 9.67. The SMILES string of the molecule is CCCc1cccc(C#CC(C)(C)O)c1. The van der Waals surface area contributed by atoms with E-state index < -0.39 is 5.60 Å². The van der Waals surface area contributed by atoms with E-state index in [4.69, 9.17) is 0 Å². The smallest absolute Gasteiger partial charge is 0.120 e. The standard InChI is InChI=1S/C14H18O/c1-4-6-12-7-5-8-13(11-12)9-10-14(2,3)15/h5,7-8,11,15H,4,6H2,1-3H3. The Morgan fingerprint density at radius 2 is 2.07 bits per heavy atom. The lowest BCUT2D eigenvalue weighted by atomic mass is 10.1. The molecule has 0 fully saturated rings. The van der Waals surface area contributed by atoms with Gasteiger partial charge in [-0.25, -0.2) is 0 Å². The van der Waals surface area contributed by atoms with Crippen LogP contribution in [0.2, 0.25) is 0 Å². The van der Waals surface area contributed by atoms with Gasteiger partial charge in [0.15, 0.2) is 0 Å². The Balaban J connectivity index is 2.85. The monoisotopic (exact) mass is 202 g/mol. The maximum atomic E-state index is 9.48. The Kier molecular flexibility index (Phi) is 3.94. The number of hydrogen-bond acceptors (Lipinski definition) is 1. The van der Waals surface area contributed by atoms with Crippen molar-refractivity contribution in [2.75, 3.05) is 0 Å². The van der Waals surface area contributed by atoms with Crippen LogP contribution >= 0.6 is 0 Å². The van der Waals surface area contributed by atoms with Crippen LogP contribution in [0.5, 0.6) is 0 Å². The normalized spacial score (nSPS) is 10.7. The Morgan fingerprint density at radius 3 is 2.67 bits per heavy atom. The van der Waals surface area contributed by atoms with E-state index in [0.29, 0.717) is 0 Å². The van der Waals surface area contributed by atoms with Crippen molar-refractivity contribution in [1.29, 1.82) is 0 Å². The highest BCUT2D eigenvalue weighted by atomic mass is 16.3. The molecule has 0 saturated heterocycles. The largest absolute Gasteiger partial charge is 0.378 e. The zero-order chi connectivity index (χ0) is 11.3. The van der Waals surface area contributed by atoms with E-state index in [1.807, 2.05) is 12.1 Å². The van der Waals surface area contributed by atoms with Crippen molar-refractivity contribution in [2.45, 2.75) is 39.2 Å². The first-order chi connectivity index (χ1) is 7.01. The molecule has 0 bridgehead atoms. The Morgan fingerprint density at radius 1 is 1.33 bits per heavy atom. The van der Waals surface area contributed by atoms with E-state index in [1.165, 1.54) is 5.56 Å². The van der Waals surface area contributed by atoms with Gasteiger partial charge in [0.25, 0.3) is 0 Å². The quantitative estimate of drug-likeness (QED) is 0.731. The topological polar surface area (TPSA) is 20.2 Å². The fourth-order valence-corrected chi connectivity index (χ4v) is 1.32. The van der Waals surface area contributed by atoms with Crippen LogP contribution in [0.15, 0.2) is 24.3 Å². The molecule has 80 valence electrons. The number of aryl methyl sites for hydroxylation is 1. The third kappa shape index (κ3) is 4.67.